The monoisotopic (exact) mass is 423 g/mol. The first-order chi connectivity index (χ1) is 14.0. The van der Waals surface area contributed by atoms with Crippen LogP contribution >= 0.6 is 0 Å². The molecule has 2 fully saturated rings. The minimum atomic E-state index is -4.24. The first-order valence-electron chi connectivity index (χ1n) is 9.74. The number of piperidine rings is 1. The molecule has 2 aromatic rings. The Labute approximate surface area is 169 Å². The molecule has 0 amide bonds. The molecule has 2 aliphatic heterocycles. The van der Waals surface area contributed by atoms with Gasteiger partial charge in [-0.05, 0) is 43.5 Å². The predicted octanol–water partition coefficient (Wildman–Crippen LogP) is 2.26. The van der Waals surface area contributed by atoms with E-state index in [0.717, 1.165) is 54.3 Å². The van der Waals surface area contributed by atoms with Crippen molar-refractivity contribution < 1.29 is 17.2 Å². The fourth-order valence-electron chi connectivity index (χ4n) is 3.79. The van der Waals surface area contributed by atoms with E-state index >= 15 is 0 Å². The number of halogens is 2. The van der Waals surface area contributed by atoms with Crippen molar-refractivity contribution in [2.24, 2.45) is 0 Å². The van der Waals surface area contributed by atoms with Gasteiger partial charge in [-0.3, -0.25) is 0 Å². The molecule has 2 saturated heterocycles. The number of hydrogen-bond acceptors (Lipinski definition) is 6. The number of sulfonamides is 1. The molecule has 3 heterocycles. The third-order valence-electron chi connectivity index (χ3n) is 5.40. The van der Waals surface area contributed by atoms with Gasteiger partial charge in [0.2, 0.25) is 10.0 Å². The van der Waals surface area contributed by atoms with Crippen LogP contribution in [0.15, 0.2) is 35.2 Å². The summed E-state index contributed by atoms with van der Waals surface area (Å²) in [7, 11) is -4.24. The lowest BCUT2D eigenvalue weighted by molar-refractivity contribution is 0.377. The molecule has 1 aromatic heterocycles. The van der Waals surface area contributed by atoms with Crippen LogP contribution in [0.5, 0.6) is 0 Å². The van der Waals surface area contributed by atoms with Crippen LogP contribution in [0.2, 0.25) is 0 Å². The number of anilines is 2. The van der Waals surface area contributed by atoms with E-state index < -0.39 is 26.6 Å². The van der Waals surface area contributed by atoms with Gasteiger partial charge in [-0.2, -0.15) is 4.31 Å². The maximum absolute atomic E-state index is 14.0. The average Bonchev–Trinajstić information content (AvgIpc) is 2.74. The summed E-state index contributed by atoms with van der Waals surface area (Å²) < 4.78 is 54.4. The van der Waals surface area contributed by atoms with Crippen molar-refractivity contribution in [3.8, 4) is 0 Å². The van der Waals surface area contributed by atoms with Crippen molar-refractivity contribution in [1.29, 1.82) is 0 Å². The smallest absolute Gasteiger partial charge is 0.249 e. The summed E-state index contributed by atoms with van der Waals surface area (Å²) in [4.78, 5) is 3.25. The van der Waals surface area contributed by atoms with Crippen LogP contribution in [0.1, 0.15) is 19.3 Å². The van der Waals surface area contributed by atoms with Crippen molar-refractivity contribution in [2.75, 3.05) is 49.1 Å². The second-order valence-electron chi connectivity index (χ2n) is 7.24. The number of benzene rings is 1. The molecule has 10 heteroatoms. The summed E-state index contributed by atoms with van der Waals surface area (Å²) in [5, 5.41) is 8.62. The highest BCUT2D eigenvalue weighted by Crippen LogP contribution is 2.25. The van der Waals surface area contributed by atoms with Crippen LogP contribution in [0.3, 0.4) is 0 Å². The summed E-state index contributed by atoms with van der Waals surface area (Å²) in [6.45, 7) is 2.94. The van der Waals surface area contributed by atoms with E-state index in [0.29, 0.717) is 18.9 Å². The van der Waals surface area contributed by atoms with Crippen LogP contribution in [0, 0.1) is 11.6 Å². The van der Waals surface area contributed by atoms with E-state index in [9.17, 15) is 17.2 Å². The standard InChI is InChI=1S/C19H23F2N5O2S/c20-15-5-4-6-16(21)19(15)29(27,28)26-13-11-25(12-14-26)18-8-7-17(22-23-18)24-9-2-1-3-10-24/h4-8H,1-3,9-14H2. The minimum absolute atomic E-state index is 0.117. The molecular weight excluding hydrogens is 400 g/mol. The van der Waals surface area contributed by atoms with E-state index in [1.54, 1.807) is 0 Å². The van der Waals surface area contributed by atoms with Crippen molar-refractivity contribution >= 4 is 21.7 Å². The molecule has 29 heavy (non-hydrogen) atoms. The van der Waals surface area contributed by atoms with Gasteiger partial charge in [-0.1, -0.05) is 6.07 Å². The number of nitrogens with zero attached hydrogens (tertiary/aromatic N) is 5. The fraction of sp³-hybridized carbons (Fsp3) is 0.474. The Morgan fingerprint density at radius 3 is 1.76 bits per heavy atom. The van der Waals surface area contributed by atoms with Gasteiger partial charge >= 0.3 is 0 Å². The molecule has 0 saturated carbocycles. The van der Waals surface area contributed by atoms with Crippen molar-refractivity contribution in [1.82, 2.24) is 14.5 Å². The maximum Gasteiger partial charge on any atom is 0.249 e. The van der Waals surface area contributed by atoms with Crippen LogP contribution in [0.4, 0.5) is 20.4 Å². The second kappa shape index (κ2) is 8.19. The van der Waals surface area contributed by atoms with E-state index in [2.05, 4.69) is 15.1 Å². The summed E-state index contributed by atoms with van der Waals surface area (Å²) in [6.07, 6.45) is 3.55. The summed E-state index contributed by atoms with van der Waals surface area (Å²) in [6, 6.07) is 6.87. The molecule has 156 valence electrons. The molecule has 1 aromatic carbocycles. The molecule has 0 spiro atoms. The van der Waals surface area contributed by atoms with Crippen molar-refractivity contribution in [3.63, 3.8) is 0 Å². The topological polar surface area (TPSA) is 69.6 Å². The lowest BCUT2D eigenvalue weighted by Crippen LogP contribution is -2.49. The molecular formula is C19H23F2N5O2S. The minimum Gasteiger partial charge on any atom is -0.355 e. The average molecular weight is 423 g/mol. The molecule has 0 radical (unpaired) electrons. The quantitative estimate of drug-likeness (QED) is 0.752. The Morgan fingerprint density at radius 1 is 0.724 bits per heavy atom. The van der Waals surface area contributed by atoms with Crippen molar-refractivity contribution in [2.45, 2.75) is 24.2 Å². The Bertz CT molecular complexity index is 937. The van der Waals surface area contributed by atoms with Gasteiger partial charge in [0.25, 0.3) is 0 Å². The molecule has 0 N–H and O–H groups in total. The molecule has 2 aliphatic rings. The van der Waals surface area contributed by atoms with Crippen LogP contribution < -0.4 is 9.80 Å². The number of piperazine rings is 1. The van der Waals surface area contributed by atoms with E-state index in [1.807, 2.05) is 17.0 Å². The molecule has 0 atom stereocenters. The zero-order valence-corrected chi connectivity index (χ0v) is 16.8. The number of hydrogen-bond donors (Lipinski definition) is 0. The molecule has 7 nitrogen and oxygen atoms in total. The summed E-state index contributed by atoms with van der Waals surface area (Å²) in [5.74, 6) is -0.636. The van der Waals surface area contributed by atoms with Crippen LogP contribution in [-0.2, 0) is 10.0 Å². The lowest BCUT2D eigenvalue weighted by atomic mass is 10.1. The summed E-state index contributed by atoms with van der Waals surface area (Å²) in [5.41, 5.74) is 0. The molecule has 0 aliphatic carbocycles. The van der Waals surface area contributed by atoms with Gasteiger partial charge in [0.05, 0.1) is 0 Å². The Hall–Kier alpha value is -2.33. The summed E-state index contributed by atoms with van der Waals surface area (Å²) >= 11 is 0. The predicted molar refractivity (Wildman–Crippen MR) is 105 cm³/mol. The van der Waals surface area contributed by atoms with Gasteiger partial charge in [-0.25, -0.2) is 17.2 Å². The van der Waals surface area contributed by atoms with Gasteiger partial charge in [0.15, 0.2) is 16.5 Å². The zero-order chi connectivity index (χ0) is 20.4. The normalized spacial score (nSPS) is 18.8. The third kappa shape index (κ3) is 4.04. The first kappa shape index (κ1) is 20.0. The Kier molecular flexibility index (Phi) is 5.64. The molecule has 0 bridgehead atoms. The first-order valence-corrected chi connectivity index (χ1v) is 11.2. The van der Waals surface area contributed by atoms with Gasteiger partial charge in [0, 0.05) is 39.3 Å². The number of aromatic nitrogens is 2. The molecule has 4 rings (SSSR count). The highest BCUT2D eigenvalue weighted by molar-refractivity contribution is 7.89. The lowest BCUT2D eigenvalue weighted by Gasteiger charge is -2.34. The van der Waals surface area contributed by atoms with Gasteiger partial charge in [0.1, 0.15) is 11.6 Å². The molecule has 0 unspecified atom stereocenters. The highest BCUT2D eigenvalue weighted by atomic mass is 32.2. The highest BCUT2D eigenvalue weighted by Gasteiger charge is 2.33. The van der Waals surface area contributed by atoms with Gasteiger partial charge in [-0.15, -0.1) is 10.2 Å². The van der Waals surface area contributed by atoms with Crippen LogP contribution in [-0.4, -0.2) is 62.2 Å². The Balaban J connectivity index is 1.43. The fourth-order valence-corrected chi connectivity index (χ4v) is 5.33. The number of rotatable bonds is 4. The van der Waals surface area contributed by atoms with Crippen molar-refractivity contribution in [3.05, 3.63) is 42.0 Å². The van der Waals surface area contributed by atoms with E-state index in [4.69, 9.17) is 0 Å². The zero-order valence-electron chi connectivity index (χ0n) is 16.0. The second-order valence-corrected chi connectivity index (χ2v) is 9.11. The third-order valence-corrected chi connectivity index (χ3v) is 7.35. The SMILES string of the molecule is O=S(=O)(c1c(F)cccc1F)N1CCN(c2ccc(N3CCCCC3)nn2)CC1. The maximum atomic E-state index is 14.0. The Morgan fingerprint density at radius 2 is 1.24 bits per heavy atom. The van der Waals surface area contributed by atoms with E-state index in [1.165, 1.54) is 6.42 Å². The van der Waals surface area contributed by atoms with Gasteiger partial charge < -0.3 is 9.80 Å². The van der Waals surface area contributed by atoms with Crippen LogP contribution in [0.25, 0.3) is 0 Å². The largest absolute Gasteiger partial charge is 0.355 e. The van der Waals surface area contributed by atoms with E-state index in [-0.39, 0.29) is 13.1 Å².